The lowest BCUT2D eigenvalue weighted by atomic mass is 10.1. The summed E-state index contributed by atoms with van der Waals surface area (Å²) in [7, 11) is 0. The minimum absolute atomic E-state index is 0.202. The van der Waals surface area contributed by atoms with E-state index in [1.54, 1.807) is 36.7 Å². The number of rotatable bonds is 2. The maximum absolute atomic E-state index is 11.3. The molecule has 0 spiro atoms. The quantitative estimate of drug-likeness (QED) is 0.659. The van der Waals surface area contributed by atoms with E-state index in [0.29, 0.717) is 28.2 Å². The van der Waals surface area contributed by atoms with Gasteiger partial charge in [0, 0.05) is 35.7 Å². The first kappa shape index (κ1) is 12.9. The molecule has 0 saturated heterocycles. The first-order valence-electron chi connectivity index (χ1n) is 6.28. The molecular weight excluding hydrogens is 268 g/mol. The van der Waals surface area contributed by atoms with Gasteiger partial charge in [-0.2, -0.15) is 0 Å². The number of aromatic nitrogens is 3. The highest BCUT2D eigenvalue weighted by Gasteiger charge is 2.07. The Kier molecular flexibility index (Phi) is 3.12. The Morgan fingerprint density at radius 3 is 2.10 bits per heavy atom. The molecule has 3 heterocycles. The van der Waals surface area contributed by atoms with Crippen LogP contribution in [0.25, 0.3) is 22.4 Å². The lowest BCUT2D eigenvalue weighted by Gasteiger charge is -2.07. The van der Waals surface area contributed by atoms with E-state index < -0.39 is 0 Å². The fourth-order valence-electron chi connectivity index (χ4n) is 2.10. The minimum Gasteiger partial charge on any atom is -0.383 e. The number of hydrogen-bond donors (Lipinski definition) is 3. The summed E-state index contributed by atoms with van der Waals surface area (Å²) in [5.74, 6) is 0.304. The van der Waals surface area contributed by atoms with Gasteiger partial charge in [-0.1, -0.05) is 0 Å². The Morgan fingerprint density at radius 2 is 1.48 bits per heavy atom. The van der Waals surface area contributed by atoms with Crippen molar-refractivity contribution in [2.75, 3.05) is 5.73 Å². The first-order valence-corrected chi connectivity index (χ1v) is 6.28. The number of nitrogens with one attached hydrogen (secondary N) is 2. The van der Waals surface area contributed by atoms with Crippen molar-refractivity contribution in [2.45, 2.75) is 0 Å². The molecule has 0 aliphatic carbocycles. The Morgan fingerprint density at radius 1 is 0.857 bits per heavy atom. The summed E-state index contributed by atoms with van der Waals surface area (Å²) in [6.07, 6.45) is 3.11. The summed E-state index contributed by atoms with van der Waals surface area (Å²) >= 11 is 0. The second-order valence-corrected chi connectivity index (χ2v) is 4.51. The van der Waals surface area contributed by atoms with E-state index in [4.69, 9.17) is 5.73 Å². The molecule has 3 aromatic heterocycles. The number of aromatic amines is 2. The molecule has 0 unspecified atom stereocenters. The topological polar surface area (TPSA) is 105 Å². The maximum atomic E-state index is 11.3. The molecule has 0 fully saturated rings. The van der Waals surface area contributed by atoms with Crippen molar-refractivity contribution in [2.24, 2.45) is 0 Å². The molecule has 6 heteroatoms. The number of nitrogens with two attached hydrogens (primary N) is 1. The van der Waals surface area contributed by atoms with Crippen LogP contribution in [-0.2, 0) is 0 Å². The van der Waals surface area contributed by atoms with Crippen LogP contribution in [0.3, 0.4) is 0 Å². The fraction of sp³-hybridized carbons (Fsp3) is 0. The molecule has 3 rings (SSSR count). The molecule has 104 valence electrons. The third-order valence-electron chi connectivity index (χ3n) is 3.08. The minimum atomic E-state index is -0.203. The van der Waals surface area contributed by atoms with Crippen molar-refractivity contribution in [3.8, 4) is 22.4 Å². The van der Waals surface area contributed by atoms with E-state index in [1.807, 2.05) is 0 Å². The van der Waals surface area contributed by atoms with Crippen LogP contribution < -0.4 is 16.9 Å². The van der Waals surface area contributed by atoms with Gasteiger partial charge in [-0.3, -0.25) is 9.59 Å². The summed E-state index contributed by atoms with van der Waals surface area (Å²) in [6, 6.07) is 9.96. The molecule has 0 saturated carbocycles. The molecule has 0 amide bonds. The Labute approximate surface area is 119 Å². The van der Waals surface area contributed by atoms with Gasteiger partial charge in [-0.05, 0) is 29.8 Å². The molecular formula is C15H12N4O2. The van der Waals surface area contributed by atoms with Crippen LogP contribution in [0.2, 0.25) is 0 Å². The Hall–Kier alpha value is -3.15. The van der Waals surface area contributed by atoms with Crippen molar-refractivity contribution in [3.63, 3.8) is 0 Å². The monoisotopic (exact) mass is 280 g/mol. The number of nitrogen functional groups attached to an aromatic ring is 1. The van der Waals surface area contributed by atoms with Gasteiger partial charge >= 0.3 is 0 Å². The largest absolute Gasteiger partial charge is 0.383 e. The van der Waals surface area contributed by atoms with Crippen LogP contribution in [0.5, 0.6) is 0 Å². The molecule has 4 N–H and O–H groups in total. The van der Waals surface area contributed by atoms with Crippen LogP contribution in [0, 0.1) is 0 Å². The number of anilines is 1. The van der Waals surface area contributed by atoms with E-state index in [-0.39, 0.29) is 11.1 Å². The SMILES string of the molecule is Nc1nc(-c2cc[nH]c(=O)c2)ccc1-c1cc[nH]c(=O)c1. The van der Waals surface area contributed by atoms with Crippen molar-refractivity contribution in [3.05, 3.63) is 69.5 Å². The first-order chi connectivity index (χ1) is 10.1. The molecule has 0 aliphatic rings. The summed E-state index contributed by atoms with van der Waals surface area (Å²) in [6.45, 7) is 0. The highest BCUT2D eigenvalue weighted by atomic mass is 16.1. The average molecular weight is 280 g/mol. The summed E-state index contributed by atoms with van der Waals surface area (Å²) < 4.78 is 0. The molecule has 6 nitrogen and oxygen atoms in total. The average Bonchev–Trinajstić information content (AvgIpc) is 2.47. The second kappa shape index (κ2) is 5.09. The van der Waals surface area contributed by atoms with Gasteiger partial charge in [0.25, 0.3) is 0 Å². The number of H-pyrrole nitrogens is 2. The zero-order chi connectivity index (χ0) is 14.8. The van der Waals surface area contributed by atoms with E-state index in [2.05, 4.69) is 15.0 Å². The van der Waals surface area contributed by atoms with Crippen LogP contribution in [-0.4, -0.2) is 15.0 Å². The van der Waals surface area contributed by atoms with Crippen molar-refractivity contribution >= 4 is 5.82 Å². The van der Waals surface area contributed by atoms with Crippen molar-refractivity contribution in [1.82, 2.24) is 15.0 Å². The number of pyridine rings is 3. The van der Waals surface area contributed by atoms with Gasteiger partial charge in [0.15, 0.2) is 0 Å². The predicted octanol–water partition coefficient (Wildman–Crippen LogP) is 1.37. The van der Waals surface area contributed by atoms with Gasteiger partial charge in [-0.25, -0.2) is 4.98 Å². The zero-order valence-electron chi connectivity index (χ0n) is 11.0. The summed E-state index contributed by atoms with van der Waals surface area (Å²) in [5.41, 5.74) is 8.22. The third kappa shape index (κ3) is 2.59. The van der Waals surface area contributed by atoms with Gasteiger partial charge in [0.1, 0.15) is 5.82 Å². The van der Waals surface area contributed by atoms with Gasteiger partial charge in [-0.15, -0.1) is 0 Å². The lowest BCUT2D eigenvalue weighted by Crippen LogP contribution is -2.05. The highest BCUT2D eigenvalue weighted by molar-refractivity contribution is 5.76. The number of nitrogens with zero attached hydrogens (tertiary/aromatic N) is 1. The van der Waals surface area contributed by atoms with E-state index in [0.717, 1.165) is 0 Å². The van der Waals surface area contributed by atoms with E-state index >= 15 is 0 Å². The number of hydrogen-bond acceptors (Lipinski definition) is 4. The summed E-state index contributed by atoms with van der Waals surface area (Å²) in [4.78, 5) is 32.1. The van der Waals surface area contributed by atoms with Gasteiger partial charge in [0.05, 0.1) is 5.69 Å². The predicted molar refractivity (Wildman–Crippen MR) is 80.8 cm³/mol. The molecule has 0 aromatic carbocycles. The summed E-state index contributed by atoms with van der Waals surface area (Å²) in [5, 5.41) is 0. The van der Waals surface area contributed by atoms with E-state index in [1.165, 1.54) is 12.1 Å². The lowest BCUT2D eigenvalue weighted by molar-refractivity contribution is 1.22. The van der Waals surface area contributed by atoms with Gasteiger partial charge in [0.2, 0.25) is 11.1 Å². The third-order valence-corrected chi connectivity index (χ3v) is 3.08. The zero-order valence-corrected chi connectivity index (χ0v) is 11.0. The van der Waals surface area contributed by atoms with Crippen molar-refractivity contribution < 1.29 is 0 Å². The standard InChI is InChI=1S/C15H12N4O2/c16-15-11(9-3-5-17-13(20)7-9)1-2-12(19-15)10-4-6-18-14(21)8-10/h1-8H,(H2,16,19)(H,17,20)(H,18,21). The molecule has 0 radical (unpaired) electrons. The highest BCUT2D eigenvalue weighted by Crippen LogP contribution is 2.26. The second-order valence-electron chi connectivity index (χ2n) is 4.51. The molecule has 3 aromatic rings. The smallest absolute Gasteiger partial charge is 0.248 e. The maximum Gasteiger partial charge on any atom is 0.248 e. The Balaban J connectivity index is 2.08. The van der Waals surface area contributed by atoms with E-state index in [9.17, 15) is 9.59 Å². The van der Waals surface area contributed by atoms with Crippen LogP contribution in [0.4, 0.5) is 5.82 Å². The molecule has 0 atom stereocenters. The van der Waals surface area contributed by atoms with Crippen LogP contribution in [0.1, 0.15) is 0 Å². The fourth-order valence-corrected chi connectivity index (χ4v) is 2.10. The normalized spacial score (nSPS) is 10.5. The van der Waals surface area contributed by atoms with Gasteiger partial charge < -0.3 is 15.7 Å². The van der Waals surface area contributed by atoms with Crippen LogP contribution >= 0.6 is 0 Å². The Bertz CT molecular complexity index is 912. The molecule has 0 bridgehead atoms. The molecule has 0 aliphatic heterocycles. The molecule has 21 heavy (non-hydrogen) atoms. The van der Waals surface area contributed by atoms with Crippen molar-refractivity contribution in [1.29, 1.82) is 0 Å². The van der Waals surface area contributed by atoms with Crippen LogP contribution in [0.15, 0.2) is 58.4 Å².